The van der Waals surface area contributed by atoms with Crippen molar-refractivity contribution < 1.29 is 14.3 Å². The zero-order chi connectivity index (χ0) is 13.9. The summed E-state index contributed by atoms with van der Waals surface area (Å²) in [4.78, 5) is 12.2. The van der Waals surface area contributed by atoms with Crippen molar-refractivity contribution in [2.45, 2.75) is 20.3 Å². The van der Waals surface area contributed by atoms with E-state index in [2.05, 4.69) is 5.32 Å². The van der Waals surface area contributed by atoms with Crippen molar-refractivity contribution in [1.29, 1.82) is 0 Å². The van der Waals surface area contributed by atoms with Crippen LogP contribution in [0.5, 0.6) is 11.5 Å². The molecule has 3 N–H and O–H groups in total. The first-order chi connectivity index (χ1) is 9.03. The lowest BCUT2D eigenvalue weighted by Gasteiger charge is -2.23. The summed E-state index contributed by atoms with van der Waals surface area (Å²) >= 11 is 0. The Balaban J connectivity index is 2.09. The molecule has 0 radical (unpaired) electrons. The van der Waals surface area contributed by atoms with Crippen LogP contribution >= 0.6 is 0 Å². The third-order valence-corrected chi connectivity index (χ3v) is 3.18. The molecule has 0 unspecified atom stereocenters. The van der Waals surface area contributed by atoms with Gasteiger partial charge in [-0.05, 0) is 25.1 Å². The molecule has 0 bridgehead atoms. The predicted molar refractivity (Wildman–Crippen MR) is 73.5 cm³/mol. The number of hydrogen-bond acceptors (Lipinski definition) is 4. The summed E-state index contributed by atoms with van der Waals surface area (Å²) in [5, 5.41) is 2.89. The smallest absolute Gasteiger partial charge is 0.230 e. The third-order valence-electron chi connectivity index (χ3n) is 3.18. The molecule has 5 heteroatoms. The number of hydrogen-bond donors (Lipinski definition) is 2. The summed E-state index contributed by atoms with van der Waals surface area (Å²) < 4.78 is 10.9. The molecule has 0 saturated heterocycles. The zero-order valence-corrected chi connectivity index (χ0v) is 11.4. The molecule has 5 nitrogen and oxygen atoms in total. The van der Waals surface area contributed by atoms with Crippen molar-refractivity contribution in [3.63, 3.8) is 0 Å². The Morgan fingerprint density at radius 1 is 1.32 bits per heavy atom. The van der Waals surface area contributed by atoms with Crippen LogP contribution in [0.1, 0.15) is 20.3 Å². The Kier molecular flexibility index (Phi) is 3.95. The molecule has 0 saturated carbocycles. The molecular formula is C14H20N2O3. The highest BCUT2D eigenvalue weighted by Gasteiger charge is 2.27. The third kappa shape index (κ3) is 3.17. The average Bonchev–Trinajstić information content (AvgIpc) is 2.38. The molecular weight excluding hydrogens is 244 g/mol. The standard InChI is InChI=1S/C14H20N2O3/c1-14(2,5-6-15)13(17)16-10-3-4-11-12(9-10)19-8-7-18-11/h3-4,9H,5-8,15H2,1-2H3,(H,16,17). The van der Waals surface area contributed by atoms with E-state index in [1.165, 1.54) is 0 Å². The normalized spacial score (nSPS) is 14.1. The second-order valence-electron chi connectivity index (χ2n) is 5.24. The fourth-order valence-electron chi connectivity index (χ4n) is 1.90. The highest BCUT2D eigenvalue weighted by atomic mass is 16.6. The van der Waals surface area contributed by atoms with Gasteiger partial charge in [-0.15, -0.1) is 0 Å². The fraction of sp³-hybridized carbons (Fsp3) is 0.500. The van der Waals surface area contributed by atoms with E-state index in [4.69, 9.17) is 15.2 Å². The van der Waals surface area contributed by atoms with Crippen LogP contribution in [0.3, 0.4) is 0 Å². The van der Waals surface area contributed by atoms with Gasteiger partial charge in [-0.3, -0.25) is 4.79 Å². The van der Waals surface area contributed by atoms with Crippen LogP contribution in [0, 0.1) is 5.41 Å². The molecule has 0 aromatic heterocycles. The lowest BCUT2D eigenvalue weighted by Crippen LogP contribution is -2.32. The molecule has 0 fully saturated rings. The maximum Gasteiger partial charge on any atom is 0.230 e. The highest BCUT2D eigenvalue weighted by Crippen LogP contribution is 2.33. The molecule has 0 aliphatic carbocycles. The number of carbonyl (C=O) groups excluding carboxylic acids is 1. The minimum absolute atomic E-state index is 0.0466. The molecule has 1 amide bonds. The van der Waals surface area contributed by atoms with E-state index in [1.54, 1.807) is 12.1 Å². The number of fused-ring (bicyclic) bond motifs is 1. The summed E-state index contributed by atoms with van der Waals surface area (Å²) in [5.74, 6) is 1.33. The Labute approximate surface area is 113 Å². The van der Waals surface area contributed by atoms with Gasteiger partial charge in [0.05, 0.1) is 0 Å². The van der Waals surface area contributed by atoms with E-state index in [1.807, 2.05) is 19.9 Å². The number of carbonyl (C=O) groups is 1. The average molecular weight is 264 g/mol. The number of nitrogens with two attached hydrogens (primary N) is 1. The molecule has 0 spiro atoms. The lowest BCUT2D eigenvalue weighted by molar-refractivity contribution is -0.124. The Bertz CT molecular complexity index is 472. The second kappa shape index (κ2) is 5.48. The summed E-state index contributed by atoms with van der Waals surface area (Å²) in [5.41, 5.74) is 5.74. The predicted octanol–water partition coefficient (Wildman–Crippen LogP) is 1.77. The van der Waals surface area contributed by atoms with E-state index in [-0.39, 0.29) is 5.91 Å². The van der Waals surface area contributed by atoms with Crippen LogP contribution in [0.15, 0.2) is 18.2 Å². The first kappa shape index (κ1) is 13.7. The van der Waals surface area contributed by atoms with Gasteiger partial charge in [0.2, 0.25) is 5.91 Å². The van der Waals surface area contributed by atoms with Crippen molar-refractivity contribution in [2.24, 2.45) is 11.1 Å². The van der Waals surface area contributed by atoms with Gasteiger partial charge in [0.1, 0.15) is 13.2 Å². The summed E-state index contributed by atoms with van der Waals surface area (Å²) in [7, 11) is 0. The van der Waals surface area contributed by atoms with Crippen LogP contribution in [0.2, 0.25) is 0 Å². The van der Waals surface area contributed by atoms with Crippen LogP contribution < -0.4 is 20.5 Å². The maximum absolute atomic E-state index is 12.2. The number of anilines is 1. The van der Waals surface area contributed by atoms with E-state index in [0.717, 1.165) is 0 Å². The van der Waals surface area contributed by atoms with E-state index in [9.17, 15) is 4.79 Å². The first-order valence-corrected chi connectivity index (χ1v) is 6.44. The molecule has 1 aromatic carbocycles. The van der Waals surface area contributed by atoms with Gasteiger partial charge in [0.15, 0.2) is 11.5 Å². The number of ether oxygens (including phenoxy) is 2. The van der Waals surface area contributed by atoms with E-state index in [0.29, 0.717) is 43.4 Å². The Morgan fingerprint density at radius 2 is 2.00 bits per heavy atom. The van der Waals surface area contributed by atoms with Crippen LogP contribution in [0.4, 0.5) is 5.69 Å². The van der Waals surface area contributed by atoms with E-state index < -0.39 is 5.41 Å². The fourth-order valence-corrected chi connectivity index (χ4v) is 1.90. The van der Waals surface area contributed by atoms with Gasteiger partial charge < -0.3 is 20.5 Å². The summed E-state index contributed by atoms with van der Waals surface area (Å²) in [6, 6.07) is 5.40. The molecule has 1 aromatic rings. The topological polar surface area (TPSA) is 73.6 Å². The number of rotatable bonds is 4. The minimum Gasteiger partial charge on any atom is -0.486 e. The highest BCUT2D eigenvalue weighted by molar-refractivity contribution is 5.95. The quantitative estimate of drug-likeness (QED) is 0.869. The van der Waals surface area contributed by atoms with Gasteiger partial charge in [-0.1, -0.05) is 13.8 Å². The number of benzene rings is 1. The molecule has 2 rings (SSSR count). The Morgan fingerprint density at radius 3 is 2.68 bits per heavy atom. The molecule has 1 heterocycles. The van der Waals surface area contributed by atoms with Crippen LogP contribution in [-0.2, 0) is 4.79 Å². The van der Waals surface area contributed by atoms with Gasteiger partial charge >= 0.3 is 0 Å². The van der Waals surface area contributed by atoms with Crippen molar-refractivity contribution in [3.8, 4) is 11.5 Å². The van der Waals surface area contributed by atoms with Crippen molar-refractivity contribution >= 4 is 11.6 Å². The van der Waals surface area contributed by atoms with Crippen LogP contribution in [0.25, 0.3) is 0 Å². The largest absolute Gasteiger partial charge is 0.486 e. The lowest BCUT2D eigenvalue weighted by atomic mass is 9.88. The SMILES string of the molecule is CC(C)(CCN)C(=O)Nc1ccc2c(c1)OCCO2. The van der Waals surface area contributed by atoms with E-state index >= 15 is 0 Å². The van der Waals surface area contributed by atoms with Crippen molar-refractivity contribution in [2.75, 3.05) is 25.1 Å². The van der Waals surface area contributed by atoms with Crippen molar-refractivity contribution in [1.82, 2.24) is 0 Å². The first-order valence-electron chi connectivity index (χ1n) is 6.44. The van der Waals surface area contributed by atoms with Gasteiger partial charge in [0.25, 0.3) is 0 Å². The zero-order valence-electron chi connectivity index (χ0n) is 11.4. The number of amides is 1. The van der Waals surface area contributed by atoms with Crippen LogP contribution in [-0.4, -0.2) is 25.7 Å². The number of nitrogens with one attached hydrogen (secondary N) is 1. The minimum atomic E-state index is -0.484. The van der Waals surface area contributed by atoms with Gasteiger partial charge in [-0.2, -0.15) is 0 Å². The molecule has 1 aliphatic heterocycles. The monoisotopic (exact) mass is 264 g/mol. The molecule has 1 aliphatic rings. The van der Waals surface area contributed by atoms with Gasteiger partial charge in [0, 0.05) is 17.2 Å². The van der Waals surface area contributed by atoms with Gasteiger partial charge in [-0.25, -0.2) is 0 Å². The Hall–Kier alpha value is -1.75. The van der Waals surface area contributed by atoms with Crippen molar-refractivity contribution in [3.05, 3.63) is 18.2 Å². The second-order valence-corrected chi connectivity index (χ2v) is 5.24. The molecule has 104 valence electrons. The summed E-state index contributed by atoms with van der Waals surface area (Å²) in [6.45, 7) is 5.34. The summed E-state index contributed by atoms with van der Waals surface area (Å²) in [6.07, 6.45) is 0.642. The molecule has 19 heavy (non-hydrogen) atoms. The molecule has 0 atom stereocenters. The maximum atomic E-state index is 12.2.